The molecule has 122 valence electrons. The van der Waals surface area contributed by atoms with Crippen LogP contribution in [0.1, 0.15) is 61.8 Å². The van der Waals surface area contributed by atoms with Gasteiger partial charge in [-0.25, -0.2) is 0 Å². The lowest BCUT2D eigenvalue weighted by molar-refractivity contribution is -0.178. The van der Waals surface area contributed by atoms with E-state index in [0.29, 0.717) is 0 Å². The topological polar surface area (TPSA) is 18.5 Å². The molecular weight excluding hydrogens is 248 g/mol. The second-order valence-corrected chi connectivity index (χ2v) is 3.67. The Bertz CT molecular complexity index is 175. The summed E-state index contributed by atoms with van der Waals surface area (Å²) < 4.78 is 9.73. The second kappa shape index (κ2) is 26.7. The number of hydrogen-bond acceptors (Lipinski definition) is 2. The predicted octanol–water partition coefficient (Wildman–Crippen LogP) is 6.17. The summed E-state index contributed by atoms with van der Waals surface area (Å²) >= 11 is 0. The van der Waals surface area contributed by atoms with E-state index in [9.17, 15) is 0 Å². The lowest BCUT2D eigenvalue weighted by Crippen LogP contribution is -2.24. The third-order valence-electron chi connectivity index (χ3n) is 1.65. The highest BCUT2D eigenvalue weighted by Gasteiger charge is 2.11. The van der Waals surface area contributed by atoms with Crippen molar-refractivity contribution in [1.29, 1.82) is 0 Å². The standard InChI is InChI=1S/C6H6.C5H12O2.C3H8.2C2H6/c1-2-4-6-5-3-1;1-5(2,6-3)7-4;1-3-2;2*1-2/h1-6H;1-4H3;3H2,1-2H3;2*1-2H3. The van der Waals surface area contributed by atoms with Crippen LogP contribution in [0.2, 0.25) is 0 Å². The van der Waals surface area contributed by atoms with Gasteiger partial charge >= 0.3 is 0 Å². The minimum absolute atomic E-state index is 0.417. The van der Waals surface area contributed by atoms with Gasteiger partial charge in [-0.2, -0.15) is 0 Å². The highest BCUT2D eigenvalue weighted by atomic mass is 16.7. The number of ether oxygens (including phenoxy) is 2. The average molecular weight is 286 g/mol. The van der Waals surface area contributed by atoms with E-state index in [1.165, 1.54) is 6.42 Å². The Hall–Kier alpha value is -0.860. The van der Waals surface area contributed by atoms with Crippen LogP contribution in [0.15, 0.2) is 36.4 Å². The molecule has 0 saturated heterocycles. The van der Waals surface area contributed by atoms with Crippen molar-refractivity contribution in [3.05, 3.63) is 36.4 Å². The third-order valence-corrected chi connectivity index (χ3v) is 1.65. The van der Waals surface area contributed by atoms with Crippen LogP contribution in [0.25, 0.3) is 0 Å². The molecule has 0 radical (unpaired) electrons. The Morgan fingerprint density at radius 3 is 0.850 bits per heavy atom. The minimum atomic E-state index is -0.417. The van der Waals surface area contributed by atoms with Gasteiger partial charge in [0.15, 0.2) is 5.79 Å². The zero-order valence-electron chi connectivity index (χ0n) is 15.5. The molecule has 1 aromatic rings. The van der Waals surface area contributed by atoms with Gasteiger partial charge in [-0.1, -0.05) is 84.4 Å². The molecule has 0 aliphatic heterocycles. The quantitative estimate of drug-likeness (QED) is 0.605. The van der Waals surface area contributed by atoms with Crippen molar-refractivity contribution < 1.29 is 9.47 Å². The van der Waals surface area contributed by atoms with E-state index in [1.54, 1.807) is 14.2 Å². The first kappa shape index (κ1) is 27.5. The summed E-state index contributed by atoms with van der Waals surface area (Å²) in [6, 6.07) is 12.0. The summed E-state index contributed by atoms with van der Waals surface area (Å²) in [6.07, 6.45) is 1.25. The summed E-state index contributed by atoms with van der Waals surface area (Å²) in [4.78, 5) is 0. The number of benzene rings is 1. The molecule has 0 N–H and O–H groups in total. The van der Waals surface area contributed by atoms with Crippen molar-refractivity contribution in [1.82, 2.24) is 0 Å². The molecule has 0 bridgehead atoms. The lowest BCUT2D eigenvalue weighted by Gasteiger charge is -2.19. The summed E-state index contributed by atoms with van der Waals surface area (Å²) in [5.74, 6) is -0.417. The fourth-order valence-electron chi connectivity index (χ4n) is 0.468. The van der Waals surface area contributed by atoms with Gasteiger partial charge in [-0.3, -0.25) is 0 Å². The zero-order chi connectivity index (χ0) is 16.9. The highest BCUT2D eigenvalue weighted by molar-refractivity contribution is 4.99. The molecule has 1 aromatic carbocycles. The highest BCUT2D eigenvalue weighted by Crippen LogP contribution is 2.05. The van der Waals surface area contributed by atoms with E-state index >= 15 is 0 Å². The fourth-order valence-corrected chi connectivity index (χ4v) is 0.468. The van der Waals surface area contributed by atoms with Crippen molar-refractivity contribution >= 4 is 0 Å². The Morgan fingerprint density at radius 1 is 0.650 bits per heavy atom. The summed E-state index contributed by atoms with van der Waals surface area (Å²) in [5, 5.41) is 0. The fraction of sp³-hybridized carbons (Fsp3) is 0.667. The maximum absolute atomic E-state index is 4.86. The first-order chi connectivity index (χ1) is 9.54. The first-order valence-electron chi connectivity index (χ1n) is 7.64. The van der Waals surface area contributed by atoms with Crippen molar-refractivity contribution in [3.63, 3.8) is 0 Å². The van der Waals surface area contributed by atoms with Crippen molar-refractivity contribution in [2.45, 2.75) is 67.6 Å². The van der Waals surface area contributed by atoms with E-state index in [0.717, 1.165) is 0 Å². The Labute approximate surface area is 128 Å². The van der Waals surface area contributed by atoms with Crippen LogP contribution in [0.3, 0.4) is 0 Å². The minimum Gasteiger partial charge on any atom is -0.354 e. The van der Waals surface area contributed by atoms with Crippen LogP contribution in [0, 0.1) is 0 Å². The Morgan fingerprint density at radius 2 is 0.800 bits per heavy atom. The van der Waals surface area contributed by atoms with E-state index in [4.69, 9.17) is 9.47 Å². The normalized spacial score (nSPS) is 8.10. The summed E-state index contributed by atoms with van der Waals surface area (Å²) in [7, 11) is 3.23. The van der Waals surface area contributed by atoms with Crippen LogP contribution >= 0.6 is 0 Å². The largest absolute Gasteiger partial charge is 0.354 e. The van der Waals surface area contributed by atoms with Gasteiger partial charge in [0.2, 0.25) is 0 Å². The molecule has 0 amide bonds. The van der Waals surface area contributed by atoms with Crippen LogP contribution in [-0.4, -0.2) is 20.0 Å². The van der Waals surface area contributed by atoms with Gasteiger partial charge in [-0.05, 0) is 13.8 Å². The van der Waals surface area contributed by atoms with E-state index in [-0.39, 0.29) is 0 Å². The van der Waals surface area contributed by atoms with Crippen LogP contribution < -0.4 is 0 Å². The molecule has 0 saturated carbocycles. The number of hydrogen-bond donors (Lipinski definition) is 0. The van der Waals surface area contributed by atoms with Crippen LogP contribution in [0.4, 0.5) is 0 Å². The molecule has 0 aromatic heterocycles. The van der Waals surface area contributed by atoms with Crippen LogP contribution in [-0.2, 0) is 9.47 Å². The molecule has 0 unspecified atom stereocenters. The first-order valence-corrected chi connectivity index (χ1v) is 7.64. The van der Waals surface area contributed by atoms with Gasteiger partial charge < -0.3 is 9.47 Å². The molecule has 1 rings (SSSR count). The maximum Gasteiger partial charge on any atom is 0.161 e. The van der Waals surface area contributed by atoms with Gasteiger partial charge in [0.25, 0.3) is 0 Å². The monoisotopic (exact) mass is 286 g/mol. The van der Waals surface area contributed by atoms with Crippen molar-refractivity contribution in [3.8, 4) is 0 Å². The van der Waals surface area contributed by atoms with E-state index in [1.807, 2.05) is 77.9 Å². The van der Waals surface area contributed by atoms with Crippen molar-refractivity contribution in [2.24, 2.45) is 0 Å². The Balaban J connectivity index is -0.0000000895. The zero-order valence-corrected chi connectivity index (χ0v) is 15.5. The summed E-state index contributed by atoms with van der Waals surface area (Å²) in [5.41, 5.74) is 0. The number of rotatable bonds is 2. The molecule has 0 fully saturated rings. The van der Waals surface area contributed by atoms with E-state index < -0.39 is 5.79 Å². The molecule has 2 heteroatoms. The Kier molecular flexibility index (Phi) is 36.6. The smallest absolute Gasteiger partial charge is 0.161 e. The van der Waals surface area contributed by atoms with Gasteiger partial charge in [0, 0.05) is 14.2 Å². The summed E-state index contributed by atoms with van der Waals surface area (Å²) in [6.45, 7) is 16.0. The molecule has 0 aliphatic carbocycles. The van der Waals surface area contributed by atoms with Gasteiger partial charge in [-0.15, -0.1) is 0 Å². The molecule has 0 atom stereocenters. The van der Waals surface area contributed by atoms with Gasteiger partial charge in [0.05, 0.1) is 0 Å². The lowest BCUT2D eigenvalue weighted by atomic mass is 10.4. The van der Waals surface area contributed by atoms with Crippen LogP contribution in [0.5, 0.6) is 0 Å². The molecule has 0 spiro atoms. The average Bonchev–Trinajstić information content (AvgIpc) is 2.54. The van der Waals surface area contributed by atoms with Crippen molar-refractivity contribution in [2.75, 3.05) is 14.2 Å². The predicted molar refractivity (Wildman–Crippen MR) is 93.2 cm³/mol. The SMILES string of the molecule is CC.CC.CCC.COC(C)(C)OC.c1ccccc1. The molecular formula is C18H38O2. The van der Waals surface area contributed by atoms with Gasteiger partial charge in [0.1, 0.15) is 0 Å². The third kappa shape index (κ3) is 36.0. The molecule has 0 aliphatic rings. The molecule has 2 nitrogen and oxygen atoms in total. The van der Waals surface area contributed by atoms with E-state index in [2.05, 4.69) is 13.8 Å². The number of methoxy groups -OCH3 is 2. The molecule has 0 heterocycles. The maximum atomic E-state index is 4.86. The molecule has 20 heavy (non-hydrogen) atoms. The second-order valence-electron chi connectivity index (χ2n) is 3.67.